The number of anilines is 1. The zero-order valence-electron chi connectivity index (χ0n) is 15.1. The van der Waals surface area contributed by atoms with Gasteiger partial charge in [0.15, 0.2) is 11.6 Å². The van der Waals surface area contributed by atoms with E-state index in [1.807, 2.05) is 0 Å². The van der Waals surface area contributed by atoms with Crippen LogP contribution in [0.1, 0.15) is 25.3 Å². The van der Waals surface area contributed by atoms with Crippen LogP contribution in [0.2, 0.25) is 5.02 Å². The molecule has 0 saturated heterocycles. The predicted octanol–water partition coefficient (Wildman–Crippen LogP) is 4.37. The molecule has 3 aromatic rings. The van der Waals surface area contributed by atoms with Crippen molar-refractivity contribution in [1.82, 2.24) is 19.9 Å². The minimum atomic E-state index is -4.40. The highest BCUT2D eigenvalue weighted by molar-refractivity contribution is 6.31. The average molecular weight is 422 g/mol. The van der Waals surface area contributed by atoms with E-state index in [0.29, 0.717) is 21.6 Å². The first kappa shape index (κ1) is 20.6. The first-order valence-electron chi connectivity index (χ1n) is 8.50. The highest BCUT2D eigenvalue weighted by Gasteiger charge is 2.29. The van der Waals surface area contributed by atoms with Gasteiger partial charge in [0, 0.05) is 36.0 Å². The van der Waals surface area contributed by atoms with Crippen LogP contribution in [0.4, 0.5) is 19.0 Å². The normalized spacial score (nSPS) is 12.6. The Bertz CT molecular complexity index is 1100. The van der Waals surface area contributed by atoms with E-state index in [1.165, 1.54) is 19.3 Å². The third-order valence-electron chi connectivity index (χ3n) is 4.17. The fourth-order valence-electron chi connectivity index (χ4n) is 2.66. The highest BCUT2D eigenvalue weighted by Crippen LogP contribution is 2.28. The standard InChI is InChI=1S/C19H15ClF3N5O/c1-3-11-7-24-18(14-9-26-17-13(14)6-12(20)8-25-17)28-16(11)27-10(2)15(29)4-5-19(21,22)23/h1,6-10H,4-5H2,2H3,(H,25,26)(H,24,27,28)/t10-/m0/s1. The molecule has 3 aromatic heterocycles. The van der Waals surface area contributed by atoms with Crippen LogP contribution < -0.4 is 5.32 Å². The van der Waals surface area contributed by atoms with Crippen LogP contribution in [-0.4, -0.2) is 37.9 Å². The summed E-state index contributed by atoms with van der Waals surface area (Å²) in [5.41, 5.74) is 1.47. The molecular weight excluding hydrogens is 407 g/mol. The number of carbonyl (C=O) groups is 1. The topological polar surface area (TPSA) is 83.6 Å². The van der Waals surface area contributed by atoms with E-state index in [4.69, 9.17) is 18.0 Å². The van der Waals surface area contributed by atoms with Crippen LogP contribution in [-0.2, 0) is 4.79 Å². The zero-order valence-corrected chi connectivity index (χ0v) is 15.9. The van der Waals surface area contributed by atoms with Crippen LogP contribution in [0.25, 0.3) is 22.4 Å². The molecule has 150 valence electrons. The Morgan fingerprint density at radius 2 is 2.14 bits per heavy atom. The molecule has 0 bridgehead atoms. The maximum absolute atomic E-state index is 12.4. The zero-order chi connectivity index (χ0) is 21.2. The van der Waals surface area contributed by atoms with Gasteiger partial charge in [0.1, 0.15) is 11.5 Å². The fourth-order valence-corrected chi connectivity index (χ4v) is 2.82. The highest BCUT2D eigenvalue weighted by atomic mass is 35.5. The summed E-state index contributed by atoms with van der Waals surface area (Å²) < 4.78 is 37.1. The van der Waals surface area contributed by atoms with E-state index in [-0.39, 0.29) is 17.2 Å². The number of fused-ring (bicyclic) bond motifs is 1. The second-order valence-electron chi connectivity index (χ2n) is 6.30. The smallest absolute Gasteiger partial charge is 0.359 e. The molecule has 2 N–H and O–H groups in total. The lowest BCUT2D eigenvalue weighted by molar-refractivity contribution is -0.143. The number of hydrogen-bond acceptors (Lipinski definition) is 5. The summed E-state index contributed by atoms with van der Waals surface area (Å²) in [6.45, 7) is 1.45. The molecule has 0 saturated carbocycles. The molecule has 0 aliphatic carbocycles. The van der Waals surface area contributed by atoms with Gasteiger partial charge in [0.25, 0.3) is 0 Å². The molecule has 0 unspecified atom stereocenters. The maximum atomic E-state index is 12.4. The van der Waals surface area contributed by atoms with E-state index >= 15 is 0 Å². The SMILES string of the molecule is C#Cc1cnc(-c2c[nH]c3ncc(Cl)cc23)nc1N[C@@H](C)C(=O)CCC(F)(F)F. The second kappa shape index (κ2) is 8.09. The van der Waals surface area contributed by atoms with Gasteiger partial charge >= 0.3 is 6.18 Å². The van der Waals surface area contributed by atoms with E-state index in [1.54, 1.807) is 12.3 Å². The van der Waals surface area contributed by atoms with Gasteiger partial charge in [-0.2, -0.15) is 13.2 Å². The number of alkyl halides is 3. The van der Waals surface area contributed by atoms with Crippen molar-refractivity contribution in [3.05, 3.63) is 35.2 Å². The van der Waals surface area contributed by atoms with Crippen molar-refractivity contribution in [2.45, 2.75) is 32.0 Å². The number of ketones is 1. The first-order chi connectivity index (χ1) is 13.7. The van der Waals surface area contributed by atoms with Crippen LogP contribution in [0, 0.1) is 12.3 Å². The third kappa shape index (κ3) is 4.84. The Labute approximate surface area is 168 Å². The molecular formula is C19H15ClF3N5O. The molecule has 10 heteroatoms. The van der Waals surface area contributed by atoms with Crippen molar-refractivity contribution >= 4 is 34.2 Å². The molecule has 0 aromatic carbocycles. The molecule has 1 atom stereocenters. The number of pyridine rings is 1. The van der Waals surface area contributed by atoms with Gasteiger partial charge in [-0.1, -0.05) is 17.5 Å². The number of nitrogens with one attached hydrogen (secondary N) is 2. The minimum absolute atomic E-state index is 0.176. The van der Waals surface area contributed by atoms with Gasteiger partial charge in [0.05, 0.1) is 23.0 Å². The molecule has 0 amide bonds. The van der Waals surface area contributed by atoms with Gasteiger partial charge in [-0.05, 0) is 13.0 Å². The van der Waals surface area contributed by atoms with Gasteiger partial charge in [-0.15, -0.1) is 6.42 Å². The molecule has 29 heavy (non-hydrogen) atoms. The van der Waals surface area contributed by atoms with E-state index in [9.17, 15) is 18.0 Å². The lowest BCUT2D eigenvalue weighted by Crippen LogP contribution is -2.28. The number of terminal acetylenes is 1. The number of nitrogens with zero attached hydrogens (tertiary/aromatic N) is 3. The minimum Gasteiger partial charge on any atom is -0.359 e. The van der Waals surface area contributed by atoms with Crippen LogP contribution in [0.15, 0.2) is 24.7 Å². The predicted molar refractivity (Wildman–Crippen MR) is 103 cm³/mol. The Morgan fingerprint density at radius 3 is 2.83 bits per heavy atom. The Balaban J connectivity index is 1.88. The quantitative estimate of drug-likeness (QED) is 0.577. The Kier molecular flexibility index (Phi) is 5.75. The van der Waals surface area contributed by atoms with Crippen molar-refractivity contribution in [2.24, 2.45) is 0 Å². The molecule has 0 spiro atoms. The van der Waals surface area contributed by atoms with Crippen molar-refractivity contribution in [1.29, 1.82) is 0 Å². The van der Waals surface area contributed by atoms with Crippen LogP contribution >= 0.6 is 11.6 Å². The summed E-state index contributed by atoms with van der Waals surface area (Å²) in [7, 11) is 0. The number of aromatic nitrogens is 4. The summed E-state index contributed by atoms with van der Waals surface area (Å²) in [6.07, 6.45) is 3.79. The van der Waals surface area contributed by atoms with Crippen LogP contribution in [0.3, 0.4) is 0 Å². The van der Waals surface area contributed by atoms with E-state index in [2.05, 4.69) is 31.2 Å². The number of aromatic amines is 1. The summed E-state index contributed by atoms with van der Waals surface area (Å²) in [4.78, 5) is 27.8. The third-order valence-corrected chi connectivity index (χ3v) is 4.38. The summed E-state index contributed by atoms with van der Waals surface area (Å²) in [5.74, 6) is 2.26. The number of Topliss-reactive ketones (excluding diaryl/α,β-unsaturated/α-hetero) is 1. The van der Waals surface area contributed by atoms with Crippen molar-refractivity contribution in [3.63, 3.8) is 0 Å². The number of rotatable bonds is 6. The monoisotopic (exact) mass is 421 g/mol. The largest absolute Gasteiger partial charge is 0.389 e. The summed E-state index contributed by atoms with van der Waals surface area (Å²) in [6, 6.07) is 0.788. The molecule has 0 radical (unpaired) electrons. The van der Waals surface area contributed by atoms with Crippen molar-refractivity contribution in [2.75, 3.05) is 5.32 Å². The molecule has 3 heterocycles. The van der Waals surface area contributed by atoms with Crippen LogP contribution in [0.5, 0.6) is 0 Å². The number of hydrogen-bond donors (Lipinski definition) is 2. The average Bonchev–Trinajstić information content (AvgIpc) is 3.08. The number of halogens is 4. The first-order valence-corrected chi connectivity index (χ1v) is 8.88. The van der Waals surface area contributed by atoms with Gasteiger partial charge < -0.3 is 10.3 Å². The van der Waals surface area contributed by atoms with Gasteiger partial charge in [-0.25, -0.2) is 15.0 Å². The number of carbonyl (C=O) groups excluding carboxylic acids is 1. The molecule has 6 nitrogen and oxygen atoms in total. The maximum Gasteiger partial charge on any atom is 0.389 e. The summed E-state index contributed by atoms with van der Waals surface area (Å²) in [5, 5.41) is 3.91. The molecule has 0 fully saturated rings. The lowest BCUT2D eigenvalue weighted by atomic mass is 10.1. The molecule has 0 aliphatic heterocycles. The van der Waals surface area contributed by atoms with Gasteiger partial charge in [0.2, 0.25) is 0 Å². The number of H-pyrrole nitrogens is 1. The fraction of sp³-hybridized carbons (Fsp3) is 0.263. The molecule has 0 aliphatic rings. The Hall–Kier alpha value is -3.12. The Morgan fingerprint density at radius 1 is 1.38 bits per heavy atom. The van der Waals surface area contributed by atoms with E-state index < -0.39 is 30.8 Å². The van der Waals surface area contributed by atoms with Gasteiger partial charge in [-0.3, -0.25) is 4.79 Å². The second-order valence-corrected chi connectivity index (χ2v) is 6.74. The summed E-state index contributed by atoms with van der Waals surface area (Å²) >= 11 is 6.01. The van der Waals surface area contributed by atoms with Crippen molar-refractivity contribution in [3.8, 4) is 23.7 Å². The lowest BCUT2D eigenvalue weighted by Gasteiger charge is -2.16. The van der Waals surface area contributed by atoms with Crippen molar-refractivity contribution < 1.29 is 18.0 Å². The van der Waals surface area contributed by atoms with E-state index in [0.717, 1.165) is 0 Å². The molecule has 3 rings (SSSR count).